The second kappa shape index (κ2) is 5.08. The van der Waals surface area contributed by atoms with Gasteiger partial charge in [0.15, 0.2) is 0 Å². The van der Waals surface area contributed by atoms with Crippen LogP contribution >= 0.6 is 0 Å². The van der Waals surface area contributed by atoms with E-state index in [1.807, 2.05) is 60.7 Å². The maximum atomic E-state index is 9.56. The van der Waals surface area contributed by atoms with Gasteiger partial charge in [-0.15, -0.1) is 0 Å². The van der Waals surface area contributed by atoms with Crippen molar-refractivity contribution in [3.8, 4) is 17.2 Å². The number of hydrogen-bond acceptors (Lipinski definition) is 4. The molecule has 1 aromatic heterocycles. The van der Waals surface area contributed by atoms with Crippen molar-refractivity contribution >= 4 is 27.8 Å². The van der Waals surface area contributed by atoms with E-state index in [0.29, 0.717) is 22.3 Å². The summed E-state index contributed by atoms with van der Waals surface area (Å²) >= 11 is 0. The van der Waals surface area contributed by atoms with Crippen LogP contribution in [0.2, 0.25) is 0 Å². The molecule has 0 atom stereocenters. The van der Waals surface area contributed by atoms with Gasteiger partial charge in [-0.05, 0) is 23.8 Å². The average molecular weight is 296 g/mol. The van der Waals surface area contributed by atoms with Crippen LogP contribution in [0.15, 0.2) is 60.7 Å². The quantitative estimate of drug-likeness (QED) is 0.427. The summed E-state index contributed by atoms with van der Waals surface area (Å²) in [7, 11) is 0. The summed E-state index contributed by atoms with van der Waals surface area (Å²) in [5.74, 6) is 0. The lowest BCUT2D eigenvalue weighted by Crippen LogP contribution is -1.99. The summed E-state index contributed by atoms with van der Waals surface area (Å²) in [5, 5.41) is 9.56. The number of nitrogens with zero attached hydrogens (tertiary/aromatic N) is 3. The molecule has 23 heavy (non-hydrogen) atoms. The van der Waals surface area contributed by atoms with Crippen LogP contribution in [0.5, 0.6) is 0 Å². The van der Waals surface area contributed by atoms with Gasteiger partial charge < -0.3 is 5.73 Å². The lowest BCUT2D eigenvalue weighted by atomic mass is 9.97. The largest absolute Gasteiger partial charge is 0.396 e. The minimum atomic E-state index is 0.377. The Morgan fingerprint density at radius 1 is 0.826 bits per heavy atom. The second-order valence-electron chi connectivity index (χ2n) is 5.27. The van der Waals surface area contributed by atoms with Gasteiger partial charge in [0.05, 0.1) is 27.8 Å². The van der Waals surface area contributed by atoms with E-state index in [1.165, 1.54) is 0 Å². The molecule has 0 saturated heterocycles. The van der Waals surface area contributed by atoms with Crippen LogP contribution in [0.3, 0.4) is 0 Å². The smallest absolute Gasteiger partial charge is 0.114 e. The fraction of sp³-hybridized carbons (Fsp3) is 0. The van der Waals surface area contributed by atoms with Crippen LogP contribution in [0.1, 0.15) is 5.56 Å². The van der Waals surface area contributed by atoms with E-state index in [0.717, 1.165) is 22.2 Å². The van der Waals surface area contributed by atoms with Gasteiger partial charge in [-0.1, -0.05) is 42.5 Å². The first-order valence-electron chi connectivity index (χ1n) is 7.22. The van der Waals surface area contributed by atoms with Crippen LogP contribution < -0.4 is 5.73 Å². The zero-order valence-corrected chi connectivity index (χ0v) is 12.2. The highest BCUT2D eigenvalue weighted by Gasteiger charge is 2.15. The van der Waals surface area contributed by atoms with Crippen molar-refractivity contribution in [3.63, 3.8) is 0 Å². The molecule has 2 N–H and O–H groups in total. The number of rotatable bonds is 1. The number of nitrogens with two attached hydrogens (primary N) is 1. The number of aromatic nitrogens is 2. The molecule has 4 heteroatoms. The molecule has 1 heterocycles. The van der Waals surface area contributed by atoms with E-state index in [2.05, 4.69) is 16.0 Å². The van der Waals surface area contributed by atoms with E-state index in [9.17, 15) is 5.26 Å². The summed E-state index contributed by atoms with van der Waals surface area (Å²) in [5.41, 5.74) is 11.6. The predicted molar refractivity (Wildman–Crippen MR) is 91.6 cm³/mol. The van der Waals surface area contributed by atoms with Crippen molar-refractivity contribution in [2.24, 2.45) is 0 Å². The van der Waals surface area contributed by atoms with Crippen LogP contribution in [0.4, 0.5) is 5.69 Å². The summed E-state index contributed by atoms with van der Waals surface area (Å²) < 4.78 is 0. The summed E-state index contributed by atoms with van der Waals surface area (Å²) in [4.78, 5) is 9.23. The molecule has 108 valence electrons. The Morgan fingerprint density at radius 2 is 1.48 bits per heavy atom. The fourth-order valence-corrected chi connectivity index (χ4v) is 2.75. The molecule has 4 rings (SSSR count). The topological polar surface area (TPSA) is 75.6 Å². The Kier molecular flexibility index (Phi) is 2.92. The first-order valence-corrected chi connectivity index (χ1v) is 7.22. The molecule has 0 bridgehead atoms. The molecule has 0 aliphatic carbocycles. The number of para-hydroxylation sites is 2. The Hall–Kier alpha value is -3.45. The number of nitriles is 1. The Balaban J connectivity index is 2.12. The maximum Gasteiger partial charge on any atom is 0.114 e. The summed E-state index contributed by atoms with van der Waals surface area (Å²) in [6.07, 6.45) is 0. The highest BCUT2D eigenvalue weighted by Crippen LogP contribution is 2.33. The highest BCUT2D eigenvalue weighted by atomic mass is 14.8. The van der Waals surface area contributed by atoms with Crippen LogP contribution in [0.25, 0.3) is 33.2 Å². The van der Waals surface area contributed by atoms with Gasteiger partial charge >= 0.3 is 0 Å². The van der Waals surface area contributed by atoms with Gasteiger partial charge in [0, 0.05) is 5.56 Å². The predicted octanol–water partition coefficient (Wildman–Crippen LogP) is 3.90. The minimum Gasteiger partial charge on any atom is -0.396 e. The molecule has 0 fully saturated rings. The molecule has 4 nitrogen and oxygen atoms in total. The van der Waals surface area contributed by atoms with Crippen molar-refractivity contribution in [3.05, 3.63) is 66.2 Å². The third-order valence-electron chi connectivity index (χ3n) is 3.87. The van der Waals surface area contributed by atoms with E-state index in [1.54, 1.807) is 0 Å². The number of hydrogen-bond donors (Lipinski definition) is 1. The van der Waals surface area contributed by atoms with Crippen molar-refractivity contribution in [2.75, 3.05) is 5.73 Å². The molecule has 0 aliphatic heterocycles. The molecule has 4 aromatic rings. The standard InChI is InChI=1S/C19H12N4/c20-11-14-13(12-6-2-1-3-7-12)10-17-19(18(14)21)23-16-9-5-4-8-15(16)22-17/h1-10H,21H2. The molecule has 0 aliphatic rings. The minimum absolute atomic E-state index is 0.377. The molecule has 0 radical (unpaired) electrons. The van der Waals surface area contributed by atoms with E-state index in [4.69, 9.17) is 5.73 Å². The maximum absolute atomic E-state index is 9.56. The third kappa shape index (κ3) is 2.07. The lowest BCUT2D eigenvalue weighted by molar-refractivity contribution is 1.38. The van der Waals surface area contributed by atoms with Crippen molar-refractivity contribution in [1.82, 2.24) is 9.97 Å². The van der Waals surface area contributed by atoms with Gasteiger partial charge in [-0.25, -0.2) is 9.97 Å². The molecular formula is C19H12N4. The molecule has 3 aromatic carbocycles. The van der Waals surface area contributed by atoms with Gasteiger partial charge in [-0.2, -0.15) is 5.26 Å². The zero-order valence-electron chi connectivity index (χ0n) is 12.2. The molecular weight excluding hydrogens is 284 g/mol. The monoisotopic (exact) mass is 296 g/mol. The molecule has 0 amide bonds. The van der Waals surface area contributed by atoms with E-state index in [-0.39, 0.29) is 0 Å². The SMILES string of the molecule is N#Cc1c(-c2ccccc2)cc2nc3ccccc3nc2c1N. The Morgan fingerprint density at radius 3 is 2.17 bits per heavy atom. The number of benzene rings is 3. The van der Waals surface area contributed by atoms with Crippen LogP contribution in [-0.2, 0) is 0 Å². The molecule has 0 spiro atoms. The summed E-state index contributed by atoms with van der Waals surface area (Å²) in [6.45, 7) is 0. The zero-order chi connectivity index (χ0) is 15.8. The van der Waals surface area contributed by atoms with Gasteiger partial charge in [0.1, 0.15) is 11.6 Å². The number of anilines is 1. The Bertz CT molecular complexity index is 1080. The van der Waals surface area contributed by atoms with Crippen molar-refractivity contribution in [2.45, 2.75) is 0 Å². The Labute approximate surface area is 132 Å². The summed E-state index contributed by atoms with van der Waals surface area (Å²) in [6, 6.07) is 21.4. The van der Waals surface area contributed by atoms with Gasteiger partial charge in [0.2, 0.25) is 0 Å². The van der Waals surface area contributed by atoms with Gasteiger partial charge in [0.25, 0.3) is 0 Å². The number of fused-ring (bicyclic) bond motifs is 2. The average Bonchev–Trinajstić information content (AvgIpc) is 2.61. The molecule has 0 unspecified atom stereocenters. The molecule has 0 saturated carbocycles. The van der Waals surface area contributed by atoms with Crippen LogP contribution in [-0.4, -0.2) is 9.97 Å². The van der Waals surface area contributed by atoms with Crippen molar-refractivity contribution < 1.29 is 0 Å². The van der Waals surface area contributed by atoms with Crippen molar-refractivity contribution in [1.29, 1.82) is 5.26 Å². The number of nitrogen functional groups attached to an aromatic ring is 1. The first kappa shape index (κ1) is 13.2. The van der Waals surface area contributed by atoms with Gasteiger partial charge in [-0.3, -0.25) is 0 Å². The fourth-order valence-electron chi connectivity index (χ4n) is 2.75. The van der Waals surface area contributed by atoms with E-state index < -0.39 is 0 Å². The first-order chi connectivity index (χ1) is 11.3. The van der Waals surface area contributed by atoms with Crippen LogP contribution in [0, 0.1) is 11.3 Å². The normalized spacial score (nSPS) is 10.7. The lowest BCUT2D eigenvalue weighted by Gasteiger charge is -2.10. The highest BCUT2D eigenvalue weighted by molar-refractivity contribution is 5.99. The second-order valence-corrected chi connectivity index (χ2v) is 5.27. The van der Waals surface area contributed by atoms with E-state index >= 15 is 0 Å². The third-order valence-corrected chi connectivity index (χ3v) is 3.87.